The Bertz CT molecular complexity index is 866. The molecule has 1 rings (SSSR count). The summed E-state index contributed by atoms with van der Waals surface area (Å²) >= 11 is 0. The van der Waals surface area contributed by atoms with Crippen LogP contribution >= 0.6 is 0 Å². The van der Waals surface area contributed by atoms with Gasteiger partial charge >= 0.3 is 11.9 Å². The molecule has 0 bridgehead atoms. The van der Waals surface area contributed by atoms with Crippen LogP contribution in [0, 0.1) is 32.6 Å². The predicted octanol–water partition coefficient (Wildman–Crippen LogP) is 3.21. The second kappa shape index (κ2) is 11.3. The smallest absolute Gasteiger partial charge is 0.312 e. The number of aryl methyl sites for hydroxylation is 3. The molecule has 0 radical (unpaired) electrons. The van der Waals surface area contributed by atoms with E-state index in [4.69, 9.17) is 4.74 Å². The summed E-state index contributed by atoms with van der Waals surface area (Å²) in [5.74, 6) is -1.67. The molecule has 0 aromatic heterocycles. The van der Waals surface area contributed by atoms with E-state index in [1.807, 2.05) is 32.9 Å². The van der Waals surface area contributed by atoms with Gasteiger partial charge in [0, 0.05) is 12.5 Å². The summed E-state index contributed by atoms with van der Waals surface area (Å²) in [4.78, 5) is 23.7. The molecule has 0 aliphatic carbocycles. The molecule has 0 fully saturated rings. The van der Waals surface area contributed by atoms with Crippen molar-refractivity contribution < 1.29 is 27.5 Å². The monoisotopic (exact) mass is 439 g/mol. The summed E-state index contributed by atoms with van der Waals surface area (Å²) in [5, 5.41) is 0. The second-order valence-electron chi connectivity index (χ2n) is 7.75. The quantitative estimate of drug-likeness (QED) is 0.444. The number of benzene rings is 1. The van der Waals surface area contributed by atoms with Gasteiger partial charge in [-0.2, -0.15) is 0 Å². The van der Waals surface area contributed by atoms with Gasteiger partial charge in [-0.1, -0.05) is 43.7 Å². The lowest BCUT2D eigenvalue weighted by Gasteiger charge is -2.21. The van der Waals surface area contributed by atoms with E-state index >= 15 is 0 Å². The van der Waals surface area contributed by atoms with E-state index in [1.165, 1.54) is 14.2 Å². The summed E-state index contributed by atoms with van der Waals surface area (Å²) < 4.78 is 38.3. The highest BCUT2D eigenvalue weighted by Gasteiger charge is 2.25. The minimum Gasteiger partial charge on any atom is -0.469 e. The summed E-state index contributed by atoms with van der Waals surface area (Å²) in [5.41, 5.74) is 2.35. The first-order valence-corrected chi connectivity index (χ1v) is 11.3. The normalized spacial score (nSPS) is 14.0. The Morgan fingerprint density at radius 3 is 2.07 bits per heavy atom. The van der Waals surface area contributed by atoms with Crippen molar-refractivity contribution in [2.75, 3.05) is 14.2 Å². The van der Waals surface area contributed by atoms with Crippen molar-refractivity contribution in [3.63, 3.8) is 0 Å². The molecule has 0 aliphatic rings. The van der Waals surface area contributed by atoms with Gasteiger partial charge in [-0.25, -0.2) is 13.1 Å². The summed E-state index contributed by atoms with van der Waals surface area (Å²) in [6.07, 6.45) is 3.51. The number of sulfonamides is 1. The van der Waals surface area contributed by atoms with Crippen molar-refractivity contribution in [2.45, 2.75) is 58.4 Å². The van der Waals surface area contributed by atoms with Gasteiger partial charge in [0.1, 0.15) is 0 Å². The Morgan fingerprint density at radius 1 is 1.03 bits per heavy atom. The molecule has 0 saturated carbocycles. The highest BCUT2D eigenvalue weighted by atomic mass is 32.2. The standard InChI is InChI=1S/C22H33NO6S/c1-14(2)19(10-8-18(22(25)29-7)9-11-20(24)28-6)23-30(26,27)21-16(4)12-15(3)13-17(21)5/h8,10,12-14,18-19,23H,9,11H2,1-7H3/b10-8+/t18-,19+/m0/s1. The van der Waals surface area contributed by atoms with Gasteiger partial charge in [0.2, 0.25) is 10.0 Å². The van der Waals surface area contributed by atoms with Crippen LogP contribution in [0.5, 0.6) is 0 Å². The van der Waals surface area contributed by atoms with Crippen molar-refractivity contribution in [1.82, 2.24) is 4.72 Å². The van der Waals surface area contributed by atoms with E-state index < -0.39 is 33.9 Å². The van der Waals surface area contributed by atoms with Gasteiger partial charge in [0.15, 0.2) is 0 Å². The maximum absolute atomic E-state index is 13.1. The van der Waals surface area contributed by atoms with Crippen LogP contribution in [-0.4, -0.2) is 40.6 Å². The number of carbonyl (C=O) groups is 2. The third-order valence-electron chi connectivity index (χ3n) is 4.82. The first-order chi connectivity index (χ1) is 13.9. The topological polar surface area (TPSA) is 98.8 Å². The molecular formula is C22H33NO6S. The Balaban J connectivity index is 3.13. The van der Waals surface area contributed by atoms with E-state index in [2.05, 4.69) is 9.46 Å². The molecule has 168 valence electrons. The number of esters is 2. The molecule has 1 aromatic carbocycles. The van der Waals surface area contributed by atoms with Gasteiger partial charge < -0.3 is 9.47 Å². The molecule has 7 nitrogen and oxygen atoms in total. The molecule has 0 heterocycles. The molecule has 8 heteroatoms. The predicted molar refractivity (Wildman–Crippen MR) is 115 cm³/mol. The highest BCUT2D eigenvalue weighted by Crippen LogP contribution is 2.23. The van der Waals surface area contributed by atoms with Gasteiger partial charge in [-0.05, 0) is 44.2 Å². The minimum absolute atomic E-state index is 0.0560. The number of carbonyl (C=O) groups excluding carboxylic acids is 2. The van der Waals surface area contributed by atoms with Gasteiger partial charge in [0.05, 0.1) is 25.0 Å². The molecule has 0 unspecified atom stereocenters. The molecular weight excluding hydrogens is 406 g/mol. The third-order valence-corrected chi connectivity index (χ3v) is 6.59. The van der Waals surface area contributed by atoms with Crippen LogP contribution in [0.4, 0.5) is 0 Å². The molecule has 1 aromatic rings. The molecule has 0 saturated heterocycles. The van der Waals surface area contributed by atoms with Crippen molar-refractivity contribution in [3.05, 3.63) is 41.0 Å². The Labute approximate surface area is 179 Å². The molecule has 2 atom stereocenters. The van der Waals surface area contributed by atoms with E-state index in [9.17, 15) is 18.0 Å². The fourth-order valence-corrected chi connectivity index (χ4v) is 5.09. The summed E-state index contributed by atoms with van der Waals surface area (Å²) in [6.45, 7) is 9.23. The lowest BCUT2D eigenvalue weighted by Crippen LogP contribution is -2.38. The zero-order chi connectivity index (χ0) is 23.1. The molecule has 0 amide bonds. The number of hydrogen-bond acceptors (Lipinski definition) is 6. The Kier molecular flexibility index (Phi) is 9.71. The maximum atomic E-state index is 13.1. The molecule has 1 N–H and O–H groups in total. The molecule has 30 heavy (non-hydrogen) atoms. The second-order valence-corrected chi connectivity index (χ2v) is 9.40. The molecule has 0 aliphatic heterocycles. The van der Waals surface area contributed by atoms with Crippen molar-refractivity contribution >= 4 is 22.0 Å². The van der Waals surface area contributed by atoms with E-state index in [0.717, 1.165) is 5.56 Å². The van der Waals surface area contributed by atoms with Crippen molar-refractivity contribution in [3.8, 4) is 0 Å². The van der Waals surface area contributed by atoms with Crippen LogP contribution < -0.4 is 4.72 Å². The third kappa shape index (κ3) is 7.25. The minimum atomic E-state index is -3.78. The van der Waals surface area contributed by atoms with Crippen LogP contribution in [-0.2, 0) is 29.1 Å². The van der Waals surface area contributed by atoms with Crippen LogP contribution in [0.25, 0.3) is 0 Å². The van der Waals surface area contributed by atoms with Crippen LogP contribution in [0.1, 0.15) is 43.4 Å². The largest absolute Gasteiger partial charge is 0.469 e. The number of rotatable bonds is 10. The number of hydrogen-bond donors (Lipinski definition) is 1. The lowest BCUT2D eigenvalue weighted by molar-refractivity contribution is -0.145. The van der Waals surface area contributed by atoms with Gasteiger partial charge in [-0.15, -0.1) is 0 Å². The van der Waals surface area contributed by atoms with E-state index in [1.54, 1.807) is 26.0 Å². The zero-order valence-electron chi connectivity index (χ0n) is 18.8. The number of ether oxygens (including phenoxy) is 2. The average molecular weight is 440 g/mol. The fraction of sp³-hybridized carbons (Fsp3) is 0.545. The molecule has 0 spiro atoms. The van der Waals surface area contributed by atoms with Crippen molar-refractivity contribution in [2.24, 2.45) is 11.8 Å². The Morgan fingerprint density at radius 2 is 1.60 bits per heavy atom. The van der Waals surface area contributed by atoms with E-state index in [0.29, 0.717) is 11.1 Å². The van der Waals surface area contributed by atoms with Gasteiger partial charge in [0.25, 0.3) is 0 Å². The number of nitrogens with one attached hydrogen (secondary N) is 1. The lowest BCUT2D eigenvalue weighted by atomic mass is 9.99. The number of methoxy groups -OCH3 is 2. The van der Waals surface area contributed by atoms with Crippen LogP contribution in [0.15, 0.2) is 29.2 Å². The maximum Gasteiger partial charge on any atom is 0.312 e. The highest BCUT2D eigenvalue weighted by molar-refractivity contribution is 7.89. The Hall–Kier alpha value is -2.19. The van der Waals surface area contributed by atoms with E-state index in [-0.39, 0.29) is 23.7 Å². The SMILES string of the molecule is COC(=O)CC[C@H](/C=C/[C@@H](NS(=O)(=O)c1c(C)cc(C)cc1C)C(C)C)C(=O)OC. The van der Waals surface area contributed by atoms with Crippen molar-refractivity contribution in [1.29, 1.82) is 0 Å². The summed E-state index contributed by atoms with van der Waals surface area (Å²) in [6, 6.07) is 3.13. The summed E-state index contributed by atoms with van der Waals surface area (Å²) in [7, 11) is -1.23. The average Bonchev–Trinajstić information content (AvgIpc) is 2.64. The first kappa shape index (κ1) is 25.8. The first-order valence-electron chi connectivity index (χ1n) is 9.86. The van der Waals surface area contributed by atoms with Gasteiger partial charge in [-0.3, -0.25) is 9.59 Å². The zero-order valence-corrected chi connectivity index (χ0v) is 19.6. The fourth-order valence-electron chi connectivity index (χ4n) is 3.30. The van der Waals surface area contributed by atoms with Crippen LogP contribution in [0.3, 0.4) is 0 Å². The van der Waals surface area contributed by atoms with Crippen LogP contribution in [0.2, 0.25) is 0 Å².